The summed E-state index contributed by atoms with van der Waals surface area (Å²) >= 11 is 1.39. The molecular weight excluding hydrogens is 342 g/mol. The van der Waals surface area contributed by atoms with E-state index < -0.39 is 11.9 Å². The Bertz CT molecular complexity index is 787. The molecule has 0 bridgehead atoms. The number of carbonyl (C=O) groups is 3. The van der Waals surface area contributed by atoms with Crippen LogP contribution in [0.3, 0.4) is 0 Å². The molecule has 0 spiro atoms. The molecule has 0 saturated carbocycles. The van der Waals surface area contributed by atoms with Gasteiger partial charge in [-0.25, -0.2) is 0 Å². The Morgan fingerprint density at radius 1 is 1.00 bits per heavy atom. The Morgan fingerprint density at radius 3 is 2.20 bits per heavy atom. The van der Waals surface area contributed by atoms with Crippen LogP contribution in [0.2, 0.25) is 0 Å². The van der Waals surface area contributed by atoms with E-state index in [0.717, 1.165) is 29.3 Å². The van der Waals surface area contributed by atoms with Crippen molar-refractivity contribution in [3.05, 3.63) is 64.7 Å². The number of aryl methyl sites for hydroxylation is 1. The average Bonchev–Trinajstić information content (AvgIpc) is 2.54. The number of carbonyl (C=O) groups excluding carboxylic acids is 3. The van der Waals surface area contributed by atoms with Gasteiger partial charge in [-0.05, 0) is 41.8 Å². The van der Waals surface area contributed by atoms with E-state index in [9.17, 15) is 24.6 Å². The molecule has 1 N–H and O–H groups in total. The van der Waals surface area contributed by atoms with Crippen LogP contribution in [-0.4, -0.2) is 23.6 Å². The lowest BCUT2D eigenvalue weighted by molar-refractivity contribution is -0.255. The lowest BCUT2D eigenvalue weighted by Crippen LogP contribution is -2.26. The van der Waals surface area contributed by atoms with Crippen LogP contribution in [0.15, 0.2) is 42.5 Å². The van der Waals surface area contributed by atoms with E-state index in [4.69, 9.17) is 0 Å². The summed E-state index contributed by atoms with van der Waals surface area (Å²) in [6.07, 6.45) is 0. The molecule has 130 valence electrons. The summed E-state index contributed by atoms with van der Waals surface area (Å²) < 4.78 is 0. The van der Waals surface area contributed by atoms with Gasteiger partial charge in [0.1, 0.15) is 0 Å². The maximum absolute atomic E-state index is 12.0. The molecule has 0 aliphatic rings. The Labute approximate surface area is 148 Å². The van der Waals surface area contributed by atoms with Crippen molar-refractivity contribution in [2.45, 2.75) is 12.7 Å². The minimum Gasteiger partial charge on any atom is -0.545 e. The molecule has 7 heteroatoms. The van der Waals surface area contributed by atoms with Crippen molar-refractivity contribution >= 4 is 35.3 Å². The minimum atomic E-state index is -1.53. The highest BCUT2D eigenvalue weighted by Crippen LogP contribution is 2.17. The summed E-state index contributed by atoms with van der Waals surface area (Å²) in [5.74, 6) is -2.64. The van der Waals surface area contributed by atoms with Crippen molar-refractivity contribution in [1.82, 2.24) is 0 Å². The molecule has 0 atom stereocenters. The van der Waals surface area contributed by atoms with Crippen LogP contribution in [0.1, 0.15) is 31.8 Å². The summed E-state index contributed by atoms with van der Waals surface area (Å²) in [5, 5.41) is 24.3. The number of aromatic carboxylic acids is 2. The third-order valence-electron chi connectivity index (χ3n) is 3.27. The van der Waals surface area contributed by atoms with Crippen LogP contribution >= 0.6 is 11.8 Å². The first-order chi connectivity index (χ1) is 11.8. The van der Waals surface area contributed by atoms with E-state index in [0.29, 0.717) is 5.75 Å². The zero-order chi connectivity index (χ0) is 18.4. The van der Waals surface area contributed by atoms with Crippen LogP contribution in [0.25, 0.3) is 0 Å². The highest BCUT2D eigenvalue weighted by Gasteiger charge is 2.07. The Kier molecular flexibility index (Phi) is 6.19. The fourth-order valence-corrected chi connectivity index (χ4v) is 2.97. The lowest BCUT2D eigenvalue weighted by Gasteiger charge is -2.12. The Morgan fingerprint density at radius 2 is 1.64 bits per heavy atom. The molecular formula is C18H15NO5S-2. The number of rotatable bonds is 7. The van der Waals surface area contributed by atoms with Crippen LogP contribution < -0.4 is 15.5 Å². The molecule has 1 amide bonds. The largest absolute Gasteiger partial charge is 0.545 e. The van der Waals surface area contributed by atoms with Crippen molar-refractivity contribution in [3.63, 3.8) is 0 Å². The van der Waals surface area contributed by atoms with Gasteiger partial charge in [0.2, 0.25) is 5.91 Å². The minimum absolute atomic E-state index is 0.0713. The number of anilines is 1. The zero-order valence-electron chi connectivity index (χ0n) is 13.4. The van der Waals surface area contributed by atoms with Gasteiger partial charge in [-0.2, -0.15) is 0 Å². The molecule has 0 radical (unpaired) electrons. The molecule has 0 saturated heterocycles. The number of thioether (sulfide) groups is 1. The predicted octanol–water partition coefficient (Wildman–Crippen LogP) is 0.594. The second-order valence-corrected chi connectivity index (χ2v) is 6.39. The summed E-state index contributed by atoms with van der Waals surface area (Å²) in [5.41, 5.74) is 1.61. The second kappa shape index (κ2) is 8.34. The molecule has 2 aromatic carbocycles. The third kappa shape index (κ3) is 5.65. The maximum Gasteiger partial charge on any atom is 0.234 e. The van der Waals surface area contributed by atoms with Crippen molar-refractivity contribution in [2.75, 3.05) is 11.1 Å². The van der Waals surface area contributed by atoms with Gasteiger partial charge in [-0.3, -0.25) is 4.79 Å². The van der Waals surface area contributed by atoms with Crippen molar-refractivity contribution in [3.8, 4) is 0 Å². The quantitative estimate of drug-likeness (QED) is 0.777. The van der Waals surface area contributed by atoms with E-state index >= 15 is 0 Å². The van der Waals surface area contributed by atoms with Gasteiger partial charge >= 0.3 is 0 Å². The lowest BCUT2D eigenvalue weighted by atomic mass is 10.1. The predicted molar refractivity (Wildman–Crippen MR) is 91.1 cm³/mol. The fourth-order valence-electron chi connectivity index (χ4n) is 2.20. The highest BCUT2D eigenvalue weighted by atomic mass is 32.2. The summed E-state index contributed by atoms with van der Waals surface area (Å²) in [7, 11) is 0. The smallest absolute Gasteiger partial charge is 0.234 e. The fraction of sp³-hybridized carbons (Fsp3) is 0.167. The van der Waals surface area contributed by atoms with Crippen molar-refractivity contribution < 1.29 is 24.6 Å². The Balaban J connectivity index is 1.97. The Hall–Kier alpha value is -2.80. The standard InChI is InChI=1S/C18H17NO5S/c1-11-3-2-4-12(5-11)9-25-10-16(20)19-15-7-13(17(21)22)6-14(8-15)18(23)24/h2-8H,9-10H2,1H3,(H,19,20)(H,21,22)(H,23,24)/p-2. The number of nitrogens with one attached hydrogen (secondary N) is 1. The summed E-state index contributed by atoms with van der Waals surface area (Å²) in [6, 6.07) is 11.1. The van der Waals surface area contributed by atoms with E-state index in [-0.39, 0.29) is 28.5 Å². The van der Waals surface area contributed by atoms with Gasteiger partial charge < -0.3 is 25.1 Å². The number of benzene rings is 2. The number of hydrogen-bond acceptors (Lipinski definition) is 6. The van der Waals surface area contributed by atoms with Gasteiger partial charge in [-0.15, -0.1) is 11.8 Å². The number of carboxylic acid groups (broad SMARTS) is 2. The van der Waals surface area contributed by atoms with E-state index in [1.54, 1.807) is 0 Å². The van der Waals surface area contributed by atoms with Crippen LogP contribution in [0, 0.1) is 6.92 Å². The van der Waals surface area contributed by atoms with Gasteiger partial charge in [0.15, 0.2) is 0 Å². The molecule has 0 aliphatic carbocycles. The summed E-state index contributed by atoms with van der Waals surface area (Å²) in [6.45, 7) is 1.99. The van der Waals surface area contributed by atoms with Crippen LogP contribution in [0.4, 0.5) is 5.69 Å². The number of carboxylic acids is 2. The topological polar surface area (TPSA) is 109 Å². The first-order valence-corrected chi connectivity index (χ1v) is 8.51. The monoisotopic (exact) mass is 357 g/mol. The first kappa shape index (κ1) is 18.5. The van der Waals surface area contributed by atoms with Gasteiger partial charge in [0.05, 0.1) is 17.7 Å². The molecule has 2 rings (SSSR count). The number of amides is 1. The highest BCUT2D eigenvalue weighted by molar-refractivity contribution is 7.99. The summed E-state index contributed by atoms with van der Waals surface area (Å²) in [4.78, 5) is 33.8. The molecule has 0 aliphatic heterocycles. The van der Waals surface area contributed by atoms with Crippen molar-refractivity contribution in [1.29, 1.82) is 0 Å². The molecule has 25 heavy (non-hydrogen) atoms. The maximum atomic E-state index is 12.0. The molecule has 0 unspecified atom stereocenters. The SMILES string of the molecule is Cc1cccc(CSCC(=O)Nc2cc(C(=O)[O-])cc(C(=O)[O-])c2)c1. The van der Waals surface area contributed by atoms with Crippen LogP contribution in [0.5, 0.6) is 0 Å². The van der Waals surface area contributed by atoms with Crippen LogP contribution in [-0.2, 0) is 10.5 Å². The molecule has 0 heterocycles. The second-order valence-electron chi connectivity index (χ2n) is 5.40. The zero-order valence-corrected chi connectivity index (χ0v) is 14.2. The third-order valence-corrected chi connectivity index (χ3v) is 4.28. The van der Waals surface area contributed by atoms with Gasteiger partial charge in [0, 0.05) is 11.4 Å². The van der Waals surface area contributed by atoms with E-state index in [1.165, 1.54) is 11.8 Å². The normalized spacial score (nSPS) is 10.3. The van der Waals surface area contributed by atoms with Gasteiger partial charge in [-0.1, -0.05) is 29.8 Å². The van der Waals surface area contributed by atoms with E-state index in [2.05, 4.69) is 5.32 Å². The molecule has 6 nitrogen and oxygen atoms in total. The van der Waals surface area contributed by atoms with Crippen molar-refractivity contribution in [2.24, 2.45) is 0 Å². The first-order valence-electron chi connectivity index (χ1n) is 7.36. The average molecular weight is 357 g/mol. The molecule has 0 aromatic heterocycles. The molecule has 0 fully saturated rings. The van der Waals surface area contributed by atoms with Gasteiger partial charge in [0.25, 0.3) is 0 Å². The van der Waals surface area contributed by atoms with E-state index in [1.807, 2.05) is 31.2 Å². The number of hydrogen-bond donors (Lipinski definition) is 1. The molecule has 2 aromatic rings.